The molecule has 0 aromatic carbocycles. The van der Waals surface area contributed by atoms with Crippen LogP contribution in [0.4, 0.5) is 0 Å². The average Bonchev–Trinajstić information content (AvgIpc) is 3.46. The molecule has 4 rings (SSSR count). The zero-order valence-electron chi connectivity index (χ0n) is 32.9. The smallest absolute Gasteiger partial charge is 0.306 e. The molecule has 3 unspecified atom stereocenters. The Labute approximate surface area is 312 Å². The summed E-state index contributed by atoms with van der Waals surface area (Å²) in [5, 5.41) is 8.53. The highest BCUT2D eigenvalue weighted by Gasteiger charge is 2.60. The van der Waals surface area contributed by atoms with Gasteiger partial charge in [-0.2, -0.15) is 0 Å². The molecule has 9 atom stereocenters. The van der Waals surface area contributed by atoms with Crippen LogP contribution < -0.4 is 0 Å². The van der Waals surface area contributed by atoms with Crippen LogP contribution in [0.5, 0.6) is 0 Å². The molecule has 0 aromatic rings. The molecule has 0 radical (unpaired) electrons. The van der Waals surface area contributed by atoms with E-state index in [1.165, 1.54) is 89.9 Å². The second kappa shape index (κ2) is 22.1. The third-order valence-electron chi connectivity index (χ3n) is 13.4. The largest absolute Gasteiger partial charge is 0.462 e. The third kappa shape index (κ3) is 12.0. The lowest BCUT2D eigenvalue weighted by Gasteiger charge is -2.58. The first-order chi connectivity index (χ1) is 24.8. The lowest BCUT2D eigenvalue weighted by atomic mass is 9.47. The van der Waals surface area contributed by atoms with Gasteiger partial charge in [0, 0.05) is 18.4 Å². The van der Waals surface area contributed by atoms with Gasteiger partial charge >= 0.3 is 5.97 Å². The van der Waals surface area contributed by atoms with Crippen molar-refractivity contribution in [2.75, 3.05) is 19.8 Å². The first kappa shape index (κ1) is 42.3. The molecule has 0 bridgehead atoms. The summed E-state index contributed by atoms with van der Waals surface area (Å²) >= 11 is 0. The quantitative estimate of drug-likeness (QED) is 0.0252. The highest BCUT2D eigenvalue weighted by molar-refractivity contribution is 5.98. The monoisotopic (exact) mass is 713 g/mol. The van der Waals surface area contributed by atoms with Crippen molar-refractivity contribution in [1.82, 2.24) is 0 Å². The number of rotatable bonds is 25. The van der Waals surface area contributed by atoms with E-state index in [0.717, 1.165) is 57.0 Å². The van der Waals surface area contributed by atoms with E-state index in [4.69, 9.17) is 24.1 Å². The minimum atomic E-state index is -0.218. The highest BCUT2D eigenvalue weighted by Crippen LogP contribution is 2.66. The standard InChI is InChI=1S/C43H73BO7/c1-5-7-8-17-20-41(45)50-40-24-23-38-37-22-21-33-30-35(25-27-42(33,3)39(37)26-28-43(38,40)4)49-34(6-2)19-16-14-12-10-9-11-13-15-18-29-47-31-36(51-44)32-48-46/h6,16,19,30,34-40,46H,2,5,7-15,17-18,20-29,31-32,44H2,1,3-4H3/b19-16-/t34?,35?,36?,37-,38-,39-,40-,42-,43-/m0/s1. The zero-order chi connectivity index (χ0) is 36.5. The second-order valence-electron chi connectivity index (χ2n) is 16.8. The zero-order valence-corrected chi connectivity index (χ0v) is 32.9. The summed E-state index contributed by atoms with van der Waals surface area (Å²) in [5.74, 6) is 2.20. The Morgan fingerprint density at radius 3 is 2.47 bits per heavy atom. The molecular formula is C43H73BO7. The Morgan fingerprint density at radius 2 is 1.73 bits per heavy atom. The lowest BCUT2D eigenvalue weighted by molar-refractivity contribution is -0.257. The van der Waals surface area contributed by atoms with Crippen LogP contribution in [0.25, 0.3) is 0 Å². The second-order valence-corrected chi connectivity index (χ2v) is 16.8. The molecule has 0 heterocycles. The topological polar surface area (TPSA) is 83.5 Å². The van der Waals surface area contributed by atoms with Gasteiger partial charge in [-0.05, 0) is 100 Å². The molecule has 1 N–H and O–H groups in total. The van der Waals surface area contributed by atoms with Crippen LogP contribution in [0.2, 0.25) is 0 Å². The summed E-state index contributed by atoms with van der Waals surface area (Å²) in [4.78, 5) is 16.9. The normalized spacial score (nSPS) is 31.4. The summed E-state index contributed by atoms with van der Waals surface area (Å²) in [5.41, 5.74) is 2.06. The van der Waals surface area contributed by atoms with E-state index in [1.807, 2.05) is 6.08 Å². The fraction of sp³-hybridized carbons (Fsp3) is 0.837. The van der Waals surface area contributed by atoms with Gasteiger partial charge in [0.15, 0.2) is 0 Å². The highest BCUT2D eigenvalue weighted by atomic mass is 17.1. The Balaban J connectivity index is 1.13. The van der Waals surface area contributed by atoms with Gasteiger partial charge in [0.1, 0.15) is 12.7 Å². The van der Waals surface area contributed by atoms with Crippen molar-refractivity contribution in [3.8, 4) is 0 Å². The van der Waals surface area contributed by atoms with Crippen LogP contribution in [-0.2, 0) is 28.5 Å². The maximum Gasteiger partial charge on any atom is 0.306 e. The molecule has 4 aliphatic carbocycles. The van der Waals surface area contributed by atoms with E-state index < -0.39 is 0 Å². The summed E-state index contributed by atoms with van der Waals surface area (Å²) in [7, 11) is 1.59. The van der Waals surface area contributed by atoms with Crippen LogP contribution in [0.3, 0.4) is 0 Å². The van der Waals surface area contributed by atoms with Gasteiger partial charge in [0.2, 0.25) is 0 Å². The first-order valence-electron chi connectivity index (χ1n) is 21.0. The molecular weight excluding hydrogens is 639 g/mol. The fourth-order valence-electron chi connectivity index (χ4n) is 10.3. The van der Waals surface area contributed by atoms with E-state index in [0.29, 0.717) is 18.9 Å². The van der Waals surface area contributed by atoms with Crippen LogP contribution >= 0.6 is 0 Å². The predicted octanol–water partition coefficient (Wildman–Crippen LogP) is 9.89. The predicted molar refractivity (Wildman–Crippen MR) is 208 cm³/mol. The van der Waals surface area contributed by atoms with Crippen molar-refractivity contribution in [3.63, 3.8) is 0 Å². The molecule has 0 aliphatic heterocycles. The van der Waals surface area contributed by atoms with Gasteiger partial charge in [-0.3, -0.25) is 10.1 Å². The van der Waals surface area contributed by atoms with E-state index in [1.54, 1.807) is 13.6 Å². The van der Waals surface area contributed by atoms with Crippen LogP contribution in [-0.4, -0.2) is 63.5 Å². The Hall–Kier alpha value is -1.45. The number of fused-ring (bicyclic) bond motifs is 5. The molecule has 7 nitrogen and oxygen atoms in total. The number of ether oxygens (including phenoxy) is 3. The fourth-order valence-corrected chi connectivity index (χ4v) is 10.3. The number of carbonyl (C=O) groups is 1. The van der Waals surface area contributed by atoms with E-state index in [-0.39, 0.29) is 47.8 Å². The van der Waals surface area contributed by atoms with Crippen LogP contribution in [0.15, 0.2) is 36.5 Å². The Kier molecular flexibility index (Phi) is 18.3. The molecule has 3 fully saturated rings. The van der Waals surface area contributed by atoms with Gasteiger partial charge < -0.3 is 18.9 Å². The van der Waals surface area contributed by atoms with Crippen molar-refractivity contribution in [2.24, 2.45) is 28.6 Å². The molecule has 0 spiro atoms. The van der Waals surface area contributed by atoms with Gasteiger partial charge in [-0.15, -0.1) is 6.58 Å². The van der Waals surface area contributed by atoms with Crippen LogP contribution in [0, 0.1) is 28.6 Å². The van der Waals surface area contributed by atoms with Crippen molar-refractivity contribution in [2.45, 2.75) is 180 Å². The maximum absolute atomic E-state index is 12.8. The minimum absolute atomic E-state index is 0.0368. The van der Waals surface area contributed by atoms with Crippen molar-refractivity contribution >= 4 is 14.0 Å². The number of carbonyl (C=O) groups excluding carboxylic acids is 1. The maximum atomic E-state index is 12.8. The van der Waals surface area contributed by atoms with Gasteiger partial charge in [0.25, 0.3) is 8.05 Å². The van der Waals surface area contributed by atoms with E-state index in [2.05, 4.69) is 50.5 Å². The van der Waals surface area contributed by atoms with Crippen LogP contribution in [0.1, 0.15) is 156 Å². The minimum Gasteiger partial charge on any atom is -0.462 e. The molecule has 8 heteroatoms. The van der Waals surface area contributed by atoms with Crippen molar-refractivity contribution < 1.29 is 33.8 Å². The average molecular weight is 713 g/mol. The number of unbranched alkanes of at least 4 members (excludes halogenated alkanes) is 10. The molecule has 3 saturated carbocycles. The molecule has 290 valence electrons. The summed E-state index contributed by atoms with van der Waals surface area (Å²) in [6.07, 6.45) is 33.1. The summed E-state index contributed by atoms with van der Waals surface area (Å²) in [6, 6.07) is 0. The third-order valence-corrected chi connectivity index (χ3v) is 13.4. The molecule has 0 amide bonds. The summed E-state index contributed by atoms with van der Waals surface area (Å²) in [6.45, 7) is 12.6. The van der Waals surface area contributed by atoms with Gasteiger partial charge in [-0.1, -0.05) is 102 Å². The van der Waals surface area contributed by atoms with Crippen molar-refractivity contribution in [3.05, 3.63) is 36.5 Å². The first-order valence-corrected chi connectivity index (χ1v) is 21.0. The van der Waals surface area contributed by atoms with Crippen molar-refractivity contribution in [1.29, 1.82) is 0 Å². The summed E-state index contributed by atoms with van der Waals surface area (Å²) < 4.78 is 23.6. The molecule has 4 aliphatic rings. The van der Waals surface area contributed by atoms with Gasteiger partial charge in [-0.25, -0.2) is 4.89 Å². The van der Waals surface area contributed by atoms with Gasteiger partial charge in [0.05, 0.1) is 24.9 Å². The Bertz CT molecular complexity index is 1090. The number of hydrogen-bond acceptors (Lipinski definition) is 7. The SMILES string of the molecule is BOC(COO)COCCCCCCCCC/C=C\C(C=C)OC1C=C2CC[C@H]3[C@@H]4CC[C@H](OC(=O)CCCCCC)[C@@]4(C)CC[C@@H]3[C@@]2(C)CC1. The number of esters is 1. The number of hydrogen-bond donors (Lipinski definition) is 1. The molecule has 0 saturated heterocycles. The number of allylic oxidation sites excluding steroid dienone is 2. The lowest BCUT2D eigenvalue weighted by Crippen LogP contribution is -2.52. The Morgan fingerprint density at radius 1 is 0.961 bits per heavy atom. The molecule has 51 heavy (non-hydrogen) atoms. The van der Waals surface area contributed by atoms with E-state index >= 15 is 0 Å². The molecule has 0 aromatic heterocycles. The van der Waals surface area contributed by atoms with E-state index in [9.17, 15) is 4.79 Å².